The van der Waals surface area contributed by atoms with Gasteiger partial charge in [-0.3, -0.25) is 19.3 Å². The molecule has 0 aliphatic carbocycles. The van der Waals surface area contributed by atoms with Gasteiger partial charge in [0, 0.05) is 52.0 Å². The van der Waals surface area contributed by atoms with E-state index in [-0.39, 0.29) is 50.3 Å². The summed E-state index contributed by atoms with van der Waals surface area (Å²) >= 11 is 0. The molecular weight excluding hydrogens is 668 g/mol. The topological polar surface area (TPSA) is 106 Å². The van der Waals surface area contributed by atoms with Gasteiger partial charge < -0.3 is 24.2 Å². The van der Waals surface area contributed by atoms with Gasteiger partial charge in [0.25, 0.3) is 0 Å². The fraction of sp³-hybridized carbons (Fsp3) is 0.932. The first-order valence-corrected chi connectivity index (χ1v) is 22.5. The van der Waals surface area contributed by atoms with Crippen molar-refractivity contribution >= 4 is 17.9 Å². The molecule has 1 aliphatic rings. The van der Waals surface area contributed by atoms with Crippen LogP contribution in [0.3, 0.4) is 0 Å². The van der Waals surface area contributed by atoms with Crippen molar-refractivity contribution in [3.05, 3.63) is 0 Å². The number of carbonyl (C=O) groups excluding carboxylic acids is 3. The standard InChI is InChI=1S/C44H84N2O7/c1-3-5-7-9-11-13-15-17-19-21-24-28-42(48)51-38-41(39-52-43(49)29-25-22-20-18-16-14-12-10-8-6-4-2)40-53-44(50)30-26-23-27-31-45-32-34-46(35-33-45)36-37-47/h41,47H,3-40H2,1-2H3. The van der Waals surface area contributed by atoms with Crippen molar-refractivity contribution in [1.82, 2.24) is 9.80 Å². The Labute approximate surface area is 326 Å². The number of piperazine rings is 1. The van der Waals surface area contributed by atoms with Crippen molar-refractivity contribution in [3.8, 4) is 0 Å². The van der Waals surface area contributed by atoms with E-state index in [9.17, 15) is 14.4 Å². The molecule has 0 amide bonds. The number of aliphatic hydroxyl groups is 1. The molecule has 0 radical (unpaired) electrons. The third-order valence-electron chi connectivity index (χ3n) is 10.6. The molecule has 1 aliphatic heterocycles. The predicted molar refractivity (Wildman–Crippen MR) is 217 cm³/mol. The van der Waals surface area contributed by atoms with Gasteiger partial charge in [-0.2, -0.15) is 0 Å². The van der Waals surface area contributed by atoms with Crippen molar-refractivity contribution in [3.63, 3.8) is 0 Å². The number of aliphatic hydroxyl groups excluding tert-OH is 1. The molecular formula is C44H84N2O7. The van der Waals surface area contributed by atoms with Gasteiger partial charge in [-0.1, -0.05) is 149 Å². The maximum absolute atomic E-state index is 12.6. The van der Waals surface area contributed by atoms with Crippen LogP contribution in [0.1, 0.15) is 194 Å². The van der Waals surface area contributed by atoms with Crippen LogP contribution in [0.25, 0.3) is 0 Å². The average Bonchev–Trinajstić information content (AvgIpc) is 3.16. The molecule has 0 saturated carbocycles. The first-order valence-electron chi connectivity index (χ1n) is 22.5. The number of ether oxygens (including phenoxy) is 3. The van der Waals surface area contributed by atoms with Crippen molar-refractivity contribution < 1.29 is 33.7 Å². The molecule has 312 valence electrons. The van der Waals surface area contributed by atoms with Gasteiger partial charge in [-0.05, 0) is 32.2 Å². The van der Waals surface area contributed by atoms with E-state index in [2.05, 4.69) is 23.6 Å². The summed E-state index contributed by atoms with van der Waals surface area (Å²) in [4.78, 5) is 42.4. The molecule has 0 aromatic rings. The average molecular weight is 753 g/mol. The van der Waals surface area contributed by atoms with E-state index < -0.39 is 0 Å². The van der Waals surface area contributed by atoms with Gasteiger partial charge in [-0.15, -0.1) is 0 Å². The summed E-state index contributed by atoms with van der Waals surface area (Å²) < 4.78 is 16.8. The lowest BCUT2D eigenvalue weighted by atomic mass is 10.1. The number of unbranched alkanes of at least 4 members (excludes halogenated alkanes) is 22. The summed E-state index contributed by atoms with van der Waals surface area (Å²) in [6.07, 6.45) is 30.9. The highest BCUT2D eigenvalue weighted by atomic mass is 16.6. The van der Waals surface area contributed by atoms with Gasteiger partial charge in [-0.25, -0.2) is 0 Å². The van der Waals surface area contributed by atoms with Crippen LogP contribution in [0.5, 0.6) is 0 Å². The van der Waals surface area contributed by atoms with Crippen LogP contribution in [-0.2, 0) is 28.6 Å². The molecule has 1 saturated heterocycles. The fourth-order valence-electron chi connectivity index (χ4n) is 7.02. The molecule has 0 spiro atoms. The maximum Gasteiger partial charge on any atom is 0.305 e. The Morgan fingerprint density at radius 3 is 1.04 bits per heavy atom. The van der Waals surface area contributed by atoms with E-state index in [0.717, 1.165) is 97.1 Å². The van der Waals surface area contributed by atoms with E-state index in [1.165, 1.54) is 103 Å². The number of carbonyl (C=O) groups is 3. The van der Waals surface area contributed by atoms with Crippen LogP contribution in [0.4, 0.5) is 0 Å². The molecule has 1 rings (SSSR count). The van der Waals surface area contributed by atoms with E-state index in [1.807, 2.05) is 0 Å². The zero-order chi connectivity index (χ0) is 38.5. The van der Waals surface area contributed by atoms with Crippen molar-refractivity contribution in [2.45, 2.75) is 194 Å². The Balaban J connectivity index is 2.30. The minimum Gasteiger partial charge on any atom is -0.465 e. The van der Waals surface area contributed by atoms with Crippen molar-refractivity contribution in [2.24, 2.45) is 5.92 Å². The third kappa shape index (κ3) is 32.3. The first-order chi connectivity index (χ1) is 26.0. The first kappa shape index (κ1) is 49.3. The summed E-state index contributed by atoms with van der Waals surface area (Å²) in [5.74, 6) is -1.10. The molecule has 0 bridgehead atoms. The van der Waals surface area contributed by atoms with Crippen LogP contribution in [0.15, 0.2) is 0 Å². The minimum absolute atomic E-state index is 0.0778. The second-order valence-corrected chi connectivity index (χ2v) is 15.7. The largest absolute Gasteiger partial charge is 0.465 e. The number of β-amino-alcohol motifs (C(OH)–C–C–N with tert-alkyl or cyclic N) is 1. The maximum atomic E-state index is 12.6. The molecule has 0 atom stereocenters. The highest BCUT2D eigenvalue weighted by Crippen LogP contribution is 2.15. The van der Waals surface area contributed by atoms with Gasteiger partial charge in [0.2, 0.25) is 0 Å². The molecule has 1 fully saturated rings. The zero-order valence-electron chi connectivity index (χ0n) is 34.7. The second-order valence-electron chi connectivity index (χ2n) is 15.7. The summed E-state index contributed by atoms with van der Waals surface area (Å²) in [6.45, 7) is 10.8. The van der Waals surface area contributed by atoms with Crippen LogP contribution in [0, 0.1) is 5.92 Å². The molecule has 9 nitrogen and oxygen atoms in total. The molecule has 1 heterocycles. The Hall–Kier alpha value is -1.71. The lowest BCUT2D eigenvalue weighted by molar-refractivity contribution is -0.153. The predicted octanol–water partition coefficient (Wildman–Crippen LogP) is 9.80. The zero-order valence-corrected chi connectivity index (χ0v) is 34.7. The molecule has 1 N–H and O–H groups in total. The Bertz CT molecular complexity index is 808. The lowest BCUT2D eigenvalue weighted by Crippen LogP contribution is -2.47. The Kier molecular flexibility index (Phi) is 34.6. The van der Waals surface area contributed by atoms with E-state index in [4.69, 9.17) is 19.3 Å². The van der Waals surface area contributed by atoms with Gasteiger partial charge in [0.05, 0.1) is 12.5 Å². The summed E-state index contributed by atoms with van der Waals surface area (Å²) in [5, 5.41) is 9.13. The van der Waals surface area contributed by atoms with E-state index in [1.54, 1.807) is 0 Å². The minimum atomic E-state index is -0.369. The summed E-state index contributed by atoms with van der Waals surface area (Å²) in [6, 6.07) is 0. The Morgan fingerprint density at radius 1 is 0.434 bits per heavy atom. The normalized spacial score (nSPS) is 13.8. The molecule has 0 aromatic carbocycles. The van der Waals surface area contributed by atoms with E-state index in [0.29, 0.717) is 19.3 Å². The fourth-order valence-corrected chi connectivity index (χ4v) is 7.02. The van der Waals surface area contributed by atoms with E-state index >= 15 is 0 Å². The van der Waals surface area contributed by atoms with Gasteiger partial charge >= 0.3 is 17.9 Å². The Morgan fingerprint density at radius 2 is 0.717 bits per heavy atom. The molecule has 53 heavy (non-hydrogen) atoms. The summed E-state index contributed by atoms with van der Waals surface area (Å²) in [7, 11) is 0. The highest BCUT2D eigenvalue weighted by molar-refractivity contribution is 5.70. The number of hydrogen-bond donors (Lipinski definition) is 1. The number of esters is 3. The molecule has 9 heteroatoms. The monoisotopic (exact) mass is 753 g/mol. The smallest absolute Gasteiger partial charge is 0.305 e. The molecule has 0 unspecified atom stereocenters. The van der Waals surface area contributed by atoms with Gasteiger partial charge in [0.1, 0.15) is 19.8 Å². The highest BCUT2D eigenvalue weighted by Gasteiger charge is 2.19. The molecule has 0 aromatic heterocycles. The number of rotatable bonds is 38. The van der Waals surface area contributed by atoms with Crippen LogP contribution < -0.4 is 0 Å². The van der Waals surface area contributed by atoms with Crippen LogP contribution >= 0.6 is 0 Å². The second kappa shape index (κ2) is 37.2. The van der Waals surface area contributed by atoms with Crippen molar-refractivity contribution in [2.75, 3.05) is 65.7 Å². The van der Waals surface area contributed by atoms with Gasteiger partial charge in [0.15, 0.2) is 0 Å². The number of nitrogens with zero attached hydrogens (tertiary/aromatic N) is 2. The summed E-state index contributed by atoms with van der Waals surface area (Å²) in [5.41, 5.74) is 0. The van der Waals surface area contributed by atoms with Crippen molar-refractivity contribution in [1.29, 1.82) is 0 Å². The SMILES string of the molecule is CCCCCCCCCCCCCC(=O)OCC(COC(=O)CCCCCCCCCCCCC)COC(=O)CCCCCN1CCN(CCO)CC1. The lowest BCUT2D eigenvalue weighted by Gasteiger charge is -2.34. The van der Waals surface area contributed by atoms with Crippen LogP contribution in [0.2, 0.25) is 0 Å². The quantitative estimate of drug-likeness (QED) is 0.0375. The van der Waals surface area contributed by atoms with Crippen LogP contribution in [-0.4, -0.2) is 98.5 Å². The third-order valence-corrected chi connectivity index (χ3v) is 10.6. The number of hydrogen-bond acceptors (Lipinski definition) is 9.